The lowest BCUT2D eigenvalue weighted by molar-refractivity contribution is -0.309. The molecule has 0 radical (unpaired) electrons. The molecular weight excluding hydrogens is 418 g/mol. The first-order valence-corrected chi connectivity index (χ1v) is 10.8. The number of benzene rings is 1. The van der Waals surface area contributed by atoms with Gasteiger partial charge in [-0.05, 0) is 30.2 Å². The average molecular weight is 435 g/mol. The number of carbonyl (C=O) groups excluding carboxylic acids is 1. The van der Waals surface area contributed by atoms with E-state index in [0.717, 1.165) is 38.8 Å². The quantitative estimate of drug-likeness (QED) is 0.441. The van der Waals surface area contributed by atoms with Crippen molar-refractivity contribution in [2.75, 3.05) is 5.75 Å². The van der Waals surface area contributed by atoms with Crippen molar-refractivity contribution in [1.29, 1.82) is 5.26 Å². The second kappa shape index (κ2) is 8.59. The van der Waals surface area contributed by atoms with Crippen LogP contribution in [-0.4, -0.2) is 26.7 Å². The smallest absolute Gasteiger partial charge is 0.277 e. The molecule has 1 aromatic carbocycles. The van der Waals surface area contributed by atoms with Crippen LogP contribution < -0.4 is 5.73 Å². The highest BCUT2D eigenvalue weighted by molar-refractivity contribution is 7.99. The van der Waals surface area contributed by atoms with Gasteiger partial charge in [-0.2, -0.15) is 5.26 Å². The molecule has 0 saturated heterocycles. The summed E-state index contributed by atoms with van der Waals surface area (Å²) in [5.41, 5.74) is 6.29. The number of thioether (sulfide) groups is 1. The summed E-state index contributed by atoms with van der Waals surface area (Å²) in [7, 11) is 0. The van der Waals surface area contributed by atoms with Gasteiger partial charge in [0.05, 0.1) is 33.5 Å². The van der Waals surface area contributed by atoms with E-state index in [1.54, 1.807) is 11.3 Å². The number of para-hydroxylation sites is 1. The lowest BCUT2D eigenvalue weighted by Gasteiger charge is -2.06. The number of rotatable bonds is 7. The summed E-state index contributed by atoms with van der Waals surface area (Å²) < 4.78 is 5.82. The Kier molecular flexibility index (Phi) is 5.72. The molecule has 148 valence electrons. The average Bonchev–Trinajstić information content (AvgIpc) is 3.44. The summed E-state index contributed by atoms with van der Waals surface area (Å²) in [5.74, 6) is -0.861. The molecule has 30 heavy (non-hydrogen) atoms. The maximum Gasteiger partial charge on any atom is 0.277 e. The van der Waals surface area contributed by atoms with E-state index in [9.17, 15) is 4.79 Å². The maximum absolute atomic E-state index is 12.2. The molecule has 9 heteroatoms. The van der Waals surface area contributed by atoms with Gasteiger partial charge in [-0.25, -0.2) is 4.98 Å². The van der Waals surface area contributed by atoms with Crippen molar-refractivity contribution in [2.24, 2.45) is 5.92 Å². The third-order valence-electron chi connectivity index (χ3n) is 4.32. The molecule has 0 amide bonds. The van der Waals surface area contributed by atoms with Gasteiger partial charge >= 0.3 is 0 Å². The maximum atomic E-state index is 12.2. The summed E-state index contributed by atoms with van der Waals surface area (Å²) in [6.07, 6.45) is 0. The number of quaternary nitrogens is 1. The van der Waals surface area contributed by atoms with Crippen molar-refractivity contribution >= 4 is 39.8 Å². The molecule has 0 unspecified atom stereocenters. The lowest BCUT2D eigenvalue weighted by Crippen LogP contribution is -2.51. The number of allylic oxidation sites excluding steroid dienone is 1. The number of Topliss-reactive ketones (excluding diaryl/α,β-unsaturated/α-hetero) is 1. The van der Waals surface area contributed by atoms with Crippen molar-refractivity contribution < 1.29 is 14.9 Å². The third-order valence-corrected chi connectivity index (χ3v) is 6.06. The zero-order valence-electron chi connectivity index (χ0n) is 15.7. The van der Waals surface area contributed by atoms with Gasteiger partial charge in [-0.3, -0.25) is 4.79 Å². The number of hydrogen-bond acceptors (Lipinski definition) is 8. The molecule has 3 N–H and O–H groups in total. The molecule has 4 rings (SSSR count). The number of aromatic nitrogens is 3. The van der Waals surface area contributed by atoms with Crippen LogP contribution >= 0.6 is 23.1 Å². The van der Waals surface area contributed by atoms with Crippen LogP contribution in [0.1, 0.15) is 0 Å². The minimum atomic E-state index is -0.933. The SMILES string of the molecule is C=C([NH3+])[C@H](C#N)C(=O)CSc1nnc(-c2cc(-c3cccs3)nc3ccccc23)o1. The van der Waals surface area contributed by atoms with E-state index < -0.39 is 5.92 Å². The lowest BCUT2D eigenvalue weighted by atomic mass is 10.1. The van der Waals surface area contributed by atoms with Gasteiger partial charge < -0.3 is 10.2 Å². The largest absolute Gasteiger partial charge is 0.411 e. The highest BCUT2D eigenvalue weighted by atomic mass is 32.2. The van der Waals surface area contributed by atoms with Gasteiger partial charge in [-0.15, -0.1) is 21.5 Å². The van der Waals surface area contributed by atoms with Crippen LogP contribution in [-0.2, 0) is 4.79 Å². The number of hydrogen-bond donors (Lipinski definition) is 1. The number of carbonyl (C=O) groups is 1. The summed E-state index contributed by atoms with van der Waals surface area (Å²) >= 11 is 2.69. The minimum Gasteiger partial charge on any atom is -0.411 e. The normalized spacial score (nSPS) is 11.9. The van der Waals surface area contributed by atoms with Gasteiger partial charge in [-0.1, -0.05) is 36.0 Å². The number of nitriles is 1. The van der Waals surface area contributed by atoms with Crippen LogP contribution in [0.25, 0.3) is 32.9 Å². The Hall–Kier alpha value is -3.32. The minimum absolute atomic E-state index is 0.0198. The molecule has 3 aromatic heterocycles. The highest BCUT2D eigenvalue weighted by Crippen LogP contribution is 2.34. The summed E-state index contributed by atoms with van der Waals surface area (Å²) in [6, 6.07) is 15.6. The van der Waals surface area contributed by atoms with Crippen LogP contribution in [0.5, 0.6) is 0 Å². The molecule has 3 heterocycles. The Morgan fingerprint density at radius 3 is 2.87 bits per heavy atom. The van der Waals surface area contributed by atoms with E-state index >= 15 is 0 Å². The van der Waals surface area contributed by atoms with Crippen molar-refractivity contribution in [3.63, 3.8) is 0 Å². The molecule has 0 aliphatic carbocycles. The zero-order valence-corrected chi connectivity index (χ0v) is 17.4. The fourth-order valence-corrected chi connectivity index (χ4v) is 4.24. The van der Waals surface area contributed by atoms with E-state index in [2.05, 4.69) is 22.5 Å². The van der Waals surface area contributed by atoms with E-state index in [1.165, 1.54) is 0 Å². The molecule has 0 aliphatic heterocycles. The molecule has 0 spiro atoms. The van der Waals surface area contributed by atoms with E-state index in [4.69, 9.17) is 14.7 Å². The Labute approximate surface area is 180 Å². The number of pyridine rings is 1. The molecule has 4 aromatic rings. The van der Waals surface area contributed by atoms with Crippen LogP contribution in [0.2, 0.25) is 0 Å². The van der Waals surface area contributed by atoms with Crippen molar-refractivity contribution in [1.82, 2.24) is 15.2 Å². The predicted octanol–water partition coefficient (Wildman–Crippen LogP) is 3.57. The fraction of sp³-hybridized carbons (Fsp3) is 0.0952. The Morgan fingerprint density at radius 2 is 2.13 bits per heavy atom. The summed E-state index contributed by atoms with van der Waals surface area (Å²) in [4.78, 5) is 18.0. The van der Waals surface area contributed by atoms with Gasteiger partial charge in [0.15, 0.2) is 11.7 Å². The Morgan fingerprint density at radius 1 is 1.30 bits per heavy atom. The highest BCUT2D eigenvalue weighted by Gasteiger charge is 2.23. The van der Waals surface area contributed by atoms with Crippen LogP contribution in [0, 0.1) is 17.2 Å². The number of thiophene rings is 1. The molecule has 0 saturated carbocycles. The molecule has 0 bridgehead atoms. The topological polar surface area (TPSA) is 120 Å². The van der Waals surface area contributed by atoms with Crippen LogP contribution in [0.4, 0.5) is 0 Å². The van der Waals surface area contributed by atoms with E-state index in [0.29, 0.717) is 5.89 Å². The second-order valence-corrected chi connectivity index (χ2v) is 8.27. The number of fused-ring (bicyclic) bond motifs is 1. The molecule has 0 fully saturated rings. The van der Waals surface area contributed by atoms with E-state index in [-0.39, 0.29) is 22.5 Å². The predicted molar refractivity (Wildman–Crippen MR) is 115 cm³/mol. The van der Waals surface area contributed by atoms with Crippen molar-refractivity contribution in [3.05, 3.63) is 60.1 Å². The van der Waals surface area contributed by atoms with Gasteiger partial charge in [0, 0.05) is 5.39 Å². The summed E-state index contributed by atoms with van der Waals surface area (Å²) in [6.45, 7) is 3.58. The van der Waals surface area contributed by atoms with Gasteiger partial charge in [0.25, 0.3) is 5.22 Å². The molecular formula is C21H16N5O2S2+. The van der Waals surface area contributed by atoms with Crippen LogP contribution in [0.3, 0.4) is 0 Å². The van der Waals surface area contributed by atoms with E-state index in [1.807, 2.05) is 53.9 Å². The zero-order chi connectivity index (χ0) is 21.1. The number of nitrogens with zero attached hydrogens (tertiary/aromatic N) is 4. The molecule has 1 atom stereocenters. The first kappa shape index (κ1) is 20.0. The van der Waals surface area contributed by atoms with Crippen molar-refractivity contribution in [3.8, 4) is 28.1 Å². The Bertz CT molecular complexity index is 1270. The van der Waals surface area contributed by atoms with Crippen molar-refractivity contribution in [2.45, 2.75) is 5.22 Å². The Balaban J connectivity index is 1.64. The standard InChI is InChI=1S/C21H15N5O2S2/c1-12(23)15(10-22)18(27)11-30-21-26-25-20(28-21)14-9-17(19-7-4-8-29-19)24-16-6-3-2-5-13(14)16/h2-9,15H,1,11,23H2/p+1/t15-/m0/s1. The van der Waals surface area contributed by atoms with Gasteiger partial charge in [0.1, 0.15) is 5.70 Å². The third kappa shape index (κ3) is 4.02. The second-order valence-electron chi connectivity index (χ2n) is 6.40. The first-order valence-electron chi connectivity index (χ1n) is 8.90. The van der Waals surface area contributed by atoms with Crippen LogP contribution in [0.15, 0.2) is 69.8 Å². The monoisotopic (exact) mass is 434 g/mol. The fourth-order valence-electron chi connectivity index (χ4n) is 2.89. The van der Waals surface area contributed by atoms with Gasteiger partial charge in [0.2, 0.25) is 5.89 Å². The molecule has 0 aliphatic rings. The summed E-state index contributed by atoms with van der Waals surface area (Å²) in [5, 5.41) is 20.5. The number of ketones is 1. The first-order chi connectivity index (χ1) is 14.6. The molecule has 7 nitrogen and oxygen atoms in total.